The summed E-state index contributed by atoms with van der Waals surface area (Å²) in [4.78, 5) is 11.8. The zero-order valence-electron chi connectivity index (χ0n) is 11.8. The van der Waals surface area contributed by atoms with Crippen LogP contribution < -0.4 is 0 Å². The van der Waals surface area contributed by atoms with Crippen molar-refractivity contribution in [3.05, 3.63) is 12.2 Å². The molecule has 104 valence electrons. The van der Waals surface area contributed by atoms with E-state index >= 15 is 0 Å². The van der Waals surface area contributed by atoms with E-state index in [-0.39, 0.29) is 29.7 Å². The van der Waals surface area contributed by atoms with Crippen LogP contribution in [0, 0.1) is 17.3 Å². The quantitative estimate of drug-likeness (QED) is 0.383. The molecule has 2 saturated heterocycles. The molecule has 3 nitrogen and oxygen atoms in total. The minimum absolute atomic E-state index is 0.0609. The standard InChI is InChI=1S/C16H22O3/c1-9-11-5-6-15(2)8-10(15)4-7-16(3)13(19-16)12(11)18-14(9)17/h10-13H,1,4-8H2,2-3H3/t10?,11-,12-,13?,15+,16+/m0/s1. The van der Waals surface area contributed by atoms with Crippen molar-refractivity contribution in [2.75, 3.05) is 0 Å². The highest BCUT2D eigenvalue weighted by atomic mass is 16.6. The Balaban J connectivity index is 1.62. The molecule has 19 heavy (non-hydrogen) atoms. The Morgan fingerprint density at radius 1 is 1.26 bits per heavy atom. The molecular weight excluding hydrogens is 240 g/mol. The summed E-state index contributed by atoms with van der Waals surface area (Å²) in [5, 5.41) is 0. The summed E-state index contributed by atoms with van der Waals surface area (Å²) in [6.45, 7) is 8.52. The van der Waals surface area contributed by atoms with E-state index < -0.39 is 0 Å². The average Bonchev–Trinajstić information content (AvgIpc) is 3.18. The van der Waals surface area contributed by atoms with Gasteiger partial charge in [0.15, 0.2) is 0 Å². The molecule has 4 aliphatic rings. The average molecular weight is 262 g/mol. The molecule has 0 aromatic heterocycles. The Hall–Kier alpha value is -0.830. The van der Waals surface area contributed by atoms with Gasteiger partial charge in [0.05, 0.1) is 5.60 Å². The lowest BCUT2D eigenvalue weighted by atomic mass is 9.81. The highest BCUT2D eigenvalue weighted by Gasteiger charge is 2.63. The van der Waals surface area contributed by atoms with Gasteiger partial charge in [-0.25, -0.2) is 4.79 Å². The van der Waals surface area contributed by atoms with Crippen LogP contribution in [0.3, 0.4) is 0 Å². The van der Waals surface area contributed by atoms with Crippen LogP contribution >= 0.6 is 0 Å². The van der Waals surface area contributed by atoms with Gasteiger partial charge in [0.2, 0.25) is 0 Å². The Bertz CT molecular complexity index is 471. The van der Waals surface area contributed by atoms with Crippen molar-refractivity contribution in [3.8, 4) is 0 Å². The number of carbonyl (C=O) groups is 1. The molecule has 0 radical (unpaired) electrons. The van der Waals surface area contributed by atoms with Crippen molar-refractivity contribution in [2.45, 2.75) is 63.8 Å². The third kappa shape index (κ3) is 1.63. The Labute approximate surface area is 114 Å². The van der Waals surface area contributed by atoms with Crippen LogP contribution in [0.4, 0.5) is 0 Å². The van der Waals surface area contributed by atoms with E-state index in [0.717, 1.165) is 18.8 Å². The van der Waals surface area contributed by atoms with E-state index in [0.29, 0.717) is 11.0 Å². The van der Waals surface area contributed by atoms with Crippen LogP contribution in [0.1, 0.15) is 46.0 Å². The van der Waals surface area contributed by atoms with E-state index in [1.54, 1.807) is 0 Å². The molecule has 2 heterocycles. The molecule has 4 fully saturated rings. The molecule has 0 N–H and O–H groups in total. The first kappa shape index (κ1) is 12.0. The maximum atomic E-state index is 11.8. The van der Waals surface area contributed by atoms with Gasteiger partial charge in [-0.3, -0.25) is 0 Å². The Morgan fingerprint density at radius 3 is 2.84 bits per heavy atom. The first-order valence-electron chi connectivity index (χ1n) is 7.51. The van der Waals surface area contributed by atoms with Crippen molar-refractivity contribution in [1.82, 2.24) is 0 Å². The zero-order valence-corrected chi connectivity index (χ0v) is 11.8. The molecule has 0 aromatic rings. The van der Waals surface area contributed by atoms with E-state index in [9.17, 15) is 4.79 Å². The summed E-state index contributed by atoms with van der Waals surface area (Å²) >= 11 is 0. The number of carbonyl (C=O) groups excluding carboxylic acids is 1. The van der Waals surface area contributed by atoms with Crippen LogP contribution in [-0.2, 0) is 14.3 Å². The Morgan fingerprint density at radius 2 is 2.05 bits per heavy atom. The molecule has 6 atom stereocenters. The topological polar surface area (TPSA) is 38.8 Å². The second-order valence-electron chi connectivity index (χ2n) is 7.49. The molecule has 0 spiro atoms. The number of ether oxygens (including phenoxy) is 2. The number of rotatable bonds is 0. The fourth-order valence-corrected chi connectivity index (χ4v) is 4.32. The molecule has 0 bridgehead atoms. The van der Waals surface area contributed by atoms with Gasteiger partial charge >= 0.3 is 5.97 Å². The third-order valence-electron chi connectivity index (χ3n) is 6.14. The number of fused-ring (bicyclic) bond motifs is 4. The second-order valence-corrected chi connectivity index (χ2v) is 7.49. The number of hydrogen-bond donors (Lipinski definition) is 0. The third-order valence-corrected chi connectivity index (χ3v) is 6.14. The summed E-state index contributed by atoms with van der Waals surface area (Å²) in [5.41, 5.74) is 1.10. The lowest BCUT2D eigenvalue weighted by molar-refractivity contribution is -0.140. The van der Waals surface area contributed by atoms with Crippen LogP contribution in [-0.4, -0.2) is 23.8 Å². The van der Waals surface area contributed by atoms with Gasteiger partial charge in [0.1, 0.15) is 12.2 Å². The molecule has 0 amide bonds. The summed E-state index contributed by atoms with van der Waals surface area (Å²) in [6.07, 6.45) is 5.94. The fraction of sp³-hybridized carbons (Fsp3) is 0.812. The van der Waals surface area contributed by atoms with Crippen molar-refractivity contribution in [1.29, 1.82) is 0 Å². The molecule has 0 aromatic carbocycles. The van der Waals surface area contributed by atoms with Crippen molar-refractivity contribution >= 4 is 5.97 Å². The van der Waals surface area contributed by atoms with E-state index in [2.05, 4.69) is 20.4 Å². The van der Waals surface area contributed by atoms with Crippen LogP contribution in [0.5, 0.6) is 0 Å². The van der Waals surface area contributed by atoms with E-state index in [4.69, 9.17) is 9.47 Å². The van der Waals surface area contributed by atoms with Gasteiger partial charge in [-0.2, -0.15) is 0 Å². The first-order chi connectivity index (χ1) is 8.93. The maximum Gasteiger partial charge on any atom is 0.334 e. The minimum Gasteiger partial charge on any atom is -0.455 e. The largest absolute Gasteiger partial charge is 0.455 e. The summed E-state index contributed by atoms with van der Waals surface area (Å²) in [6, 6.07) is 0. The normalized spacial score (nSPS) is 55.7. The number of esters is 1. The Kier molecular flexibility index (Phi) is 2.16. The molecule has 2 aliphatic heterocycles. The van der Waals surface area contributed by atoms with Gasteiger partial charge in [-0.15, -0.1) is 0 Å². The van der Waals surface area contributed by atoms with E-state index in [1.165, 1.54) is 19.3 Å². The van der Waals surface area contributed by atoms with Gasteiger partial charge in [-0.1, -0.05) is 13.5 Å². The monoisotopic (exact) mass is 262 g/mol. The molecule has 3 heteroatoms. The van der Waals surface area contributed by atoms with Crippen LogP contribution in [0.25, 0.3) is 0 Å². The molecular formula is C16H22O3. The predicted octanol–water partition coefficient (Wildman–Crippen LogP) is 2.84. The summed E-state index contributed by atoms with van der Waals surface area (Å²) in [7, 11) is 0. The summed E-state index contributed by atoms with van der Waals surface area (Å²) in [5.74, 6) is 0.831. The molecule has 2 saturated carbocycles. The molecule has 2 unspecified atom stereocenters. The summed E-state index contributed by atoms with van der Waals surface area (Å²) < 4.78 is 11.5. The van der Waals surface area contributed by atoms with Gasteiger partial charge in [0, 0.05) is 11.5 Å². The number of hydrogen-bond acceptors (Lipinski definition) is 3. The minimum atomic E-state index is -0.204. The highest BCUT2D eigenvalue weighted by Crippen LogP contribution is 2.61. The van der Waals surface area contributed by atoms with Crippen molar-refractivity contribution < 1.29 is 14.3 Å². The van der Waals surface area contributed by atoms with Crippen LogP contribution in [0.15, 0.2) is 12.2 Å². The van der Waals surface area contributed by atoms with Gasteiger partial charge < -0.3 is 9.47 Å². The zero-order chi connectivity index (χ0) is 13.4. The first-order valence-corrected chi connectivity index (χ1v) is 7.51. The lowest BCUT2D eigenvalue weighted by Crippen LogP contribution is -2.29. The van der Waals surface area contributed by atoms with E-state index in [1.807, 2.05) is 0 Å². The van der Waals surface area contributed by atoms with Gasteiger partial charge in [-0.05, 0) is 50.4 Å². The predicted molar refractivity (Wildman–Crippen MR) is 70.5 cm³/mol. The fourth-order valence-electron chi connectivity index (χ4n) is 4.32. The van der Waals surface area contributed by atoms with Crippen molar-refractivity contribution in [2.24, 2.45) is 17.3 Å². The lowest BCUT2D eigenvalue weighted by Gasteiger charge is -2.21. The maximum absolute atomic E-state index is 11.8. The second kappa shape index (κ2) is 3.43. The van der Waals surface area contributed by atoms with Crippen LogP contribution in [0.2, 0.25) is 0 Å². The molecule has 2 aliphatic carbocycles. The van der Waals surface area contributed by atoms with Crippen molar-refractivity contribution in [3.63, 3.8) is 0 Å². The smallest absolute Gasteiger partial charge is 0.334 e. The number of epoxide rings is 1. The highest BCUT2D eigenvalue weighted by molar-refractivity contribution is 5.91. The van der Waals surface area contributed by atoms with Gasteiger partial charge in [0.25, 0.3) is 0 Å². The SMILES string of the molecule is C=C1C(=O)O[C@@H]2C3O[C@]3(C)CCC3C[C@@]3(C)CC[C@@H]12. The molecule has 4 rings (SSSR count).